The van der Waals surface area contributed by atoms with E-state index in [2.05, 4.69) is 53.1 Å². The van der Waals surface area contributed by atoms with Crippen LogP contribution in [0, 0.1) is 5.92 Å². The van der Waals surface area contributed by atoms with Crippen molar-refractivity contribution in [3.8, 4) is 0 Å². The Morgan fingerprint density at radius 1 is 1.07 bits per heavy atom. The van der Waals surface area contributed by atoms with E-state index in [-0.39, 0.29) is 12.0 Å². The minimum Gasteiger partial charge on any atom is -0.368 e. The predicted molar refractivity (Wildman–Crippen MR) is 121 cm³/mol. The monoisotopic (exact) mass is 413 g/mol. The minimum atomic E-state index is -0.193. The molecule has 3 aliphatic rings. The average molecular weight is 414 g/mol. The van der Waals surface area contributed by atoms with Gasteiger partial charge >= 0.3 is 0 Å². The number of hydrogen-bond donors (Lipinski definition) is 0. The first-order chi connectivity index (χ1) is 14.6. The van der Waals surface area contributed by atoms with Gasteiger partial charge < -0.3 is 14.5 Å². The summed E-state index contributed by atoms with van der Waals surface area (Å²) in [5.41, 5.74) is 3.08. The van der Waals surface area contributed by atoms with Gasteiger partial charge in [-0.1, -0.05) is 24.3 Å². The zero-order chi connectivity index (χ0) is 20.9. The van der Waals surface area contributed by atoms with Crippen molar-refractivity contribution in [1.29, 1.82) is 0 Å². The molecule has 2 aliphatic heterocycles. The van der Waals surface area contributed by atoms with E-state index in [1.165, 1.54) is 38.8 Å². The molecule has 1 amide bonds. The summed E-state index contributed by atoms with van der Waals surface area (Å²) >= 11 is 0. The second kappa shape index (κ2) is 10.3. The Morgan fingerprint density at radius 3 is 2.37 bits per heavy atom. The number of likely N-dealkylation sites (tertiary alicyclic amines) is 1. The number of nitrogens with zero attached hydrogens (tertiary/aromatic N) is 3. The second-order valence-corrected chi connectivity index (χ2v) is 9.75. The highest BCUT2D eigenvalue weighted by Gasteiger charge is 2.33. The van der Waals surface area contributed by atoms with Gasteiger partial charge in [0, 0.05) is 25.7 Å². The molecule has 2 saturated heterocycles. The van der Waals surface area contributed by atoms with Gasteiger partial charge in [-0.15, -0.1) is 0 Å². The molecule has 1 aromatic rings. The van der Waals surface area contributed by atoms with Crippen molar-refractivity contribution >= 4 is 5.91 Å². The summed E-state index contributed by atoms with van der Waals surface area (Å²) in [6.45, 7) is 5.87. The molecule has 1 atom stereocenters. The van der Waals surface area contributed by atoms with Crippen LogP contribution in [0.25, 0.3) is 0 Å². The molecule has 0 aromatic heterocycles. The highest BCUT2D eigenvalue weighted by Crippen LogP contribution is 2.29. The third-order valence-electron chi connectivity index (χ3n) is 7.22. The molecule has 1 aliphatic carbocycles. The van der Waals surface area contributed by atoms with Gasteiger partial charge in [-0.3, -0.25) is 9.69 Å². The predicted octanol–water partition coefficient (Wildman–Crippen LogP) is 2.83. The molecule has 5 heteroatoms. The van der Waals surface area contributed by atoms with E-state index < -0.39 is 0 Å². The zero-order valence-electron chi connectivity index (χ0n) is 18.9. The van der Waals surface area contributed by atoms with Crippen LogP contribution in [0.2, 0.25) is 0 Å². The SMILES string of the molecule is CN(C)CCCN(CC1CCN(C2Cc3ccccc3C2)CC1)C(=O)[C@@H]1CCCO1. The van der Waals surface area contributed by atoms with E-state index in [1.807, 2.05) is 0 Å². The van der Waals surface area contributed by atoms with Crippen LogP contribution >= 0.6 is 0 Å². The van der Waals surface area contributed by atoms with E-state index in [0.717, 1.165) is 45.5 Å². The zero-order valence-corrected chi connectivity index (χ0v) is 18.9. The van der Waals surface area contributed by atoms with E-state index >= 15 is 0 Å². The molecule has 30 heavy (non-hydrogen) atoms. The summed E-state index contributed by atoms with van der Waals surface area (Å²) in [7, 11) is 4.20. The third kappa shape index (κ3) is 5.43. The van der Waals surface area contributed by atoms with E-state index in [4.69, 9.17) is 4.74 Å². The molecule has 2 heterocycles. The highest BCUT2D eigenvalue weighted by molar-refractivity contribution is 5.81. The summed E-state index contributed by atoms with van der Waals surface area (Å²) in [5.74, 6) is 0.856. The standard InChI is InChI=1S/C25H39N3O2/c1-26(2)12-6-13-28(25(29)24-9-5-16-30-24)19-20-10-14-27(15-11-20)23-17-21-7-3-4-8-22(21)18-23/h3-4,7-8,20,23-24H,5-6,9-19H2,1-2H3/t24-/m0/s1. The van der Waals surface area contributed by atoms with Gasteiger partial charge in [0.05, 0.1) is 0 Å². The van der Waals surface area contributed by atoms with E-state index in [1.54, 1.807) is 11.1 Å². The number of fused-ring (bicyclic) bond motifs is 1. The fraction of sp³-hybridized carbons (Fsp3) is 0.720. The van der Waals surface area contributed by atoms with Crippen LogP contribution in [0.15, 0.2) is 24.3 Å². The normalized spacial score (nSPS) is 23.2. The lowest BCUT2D eigenvalue weighted by Crippen LogP contribution is -2.47. The van der Waals surface area contributed by atoms with Crippen LogP contribution in [0.4, 0.5) is 0 Å². The van der Waals surface area contributed by atoms with Crippen molar-refractivity contribution in [1.82, 2.24) is 14.7 Å². The third-order valence-corrected chi connectivity index (χ3v) is 7.22. The molecule has 0 bridgehead atoms. The van der Waals surface area contributed by atoms with Gasteiger partial charge in [0.2, 0.25) is 0 Å². The molecule has 5 nitrogen and oxygen atoms in total. The van der Waals surface area contributed by atoms with Crippen LogP contribution < -0.4 is 0 Å². The largest absolute Gasteiger partial charge is 0.368 e. The smallest absolute Gasteiger partial charge is 0.251 e. The number of piperidine rings is 1. The van der Waals surface area contributed by atoms with E-state index in [9.17, 15) is 4.79 Å². The lowest BCUT2D eigenvalue weighted by Gasteiger charge is -2.38. The Hall–Kier alpha value is -1.43. The van der Waals surface area contributed by atoms with Crippen molar-refractivity contribution in [3.05, 3.63) is 35.4 Å². The van der Waals surface area contributed by atoms with Crippen LogP contribution in [0.5, 0.6) is 0 Å². The lowest BCUT2D eigenvalue weighted by atomic mass is 9.94. The number of carbonyl (C=O) groups is 1. The second-order valence-electron chi connectivity index (χ2n) is 9.75. The first-order valence-electron chi connectivity index (χ1n) is 12.0. The maximum absolute atomic E-state index is 13.1. The Morgan fingerprint density at radius 2 is 1.77 bits per heavy atom. The van der Waals surface area contributed by atoms with Crippen LogP contribution in [0.3, 0.4) is 0 Å². The fourth-order valence-corrected chi connectivity index (χ4v) is 5.45. The molecule has 1 aromatic carbocycles. The van der Waals surface area contributed by atoms with Crippen molar-refractivity contribution in [2.75, 3.05) is 53.4 Å². The van der Waals surface area contributed by atoms with Crippen LogP contribution in [-0.4, -0.2) is 86.2 Å². The number of amides is 1. The minimum absolute atomic E-state index is 0.193. The quantitative estimate of drug-likeness (QED) is 0.657. The maximum Gasteiger partial charge on any atom is 0.251 e. The fourth-order valence-electron chi connectivity index (χ4n) is 5.45. The summed E-state index contributed by atoms with van der Waals surface area (Å²) in [4.78, 5) is 20.1. The molecule has 0 spiro atoms. The van der Waals surface area contributed by atoms with Gasteiger partial charge in [0.15, 0.2) is 0 Å². The van der Waals surface area contributed by atoms with Gasteiger partial charge in [0.25, 0.3) is 5.91 Å². The molecule has 4 rings (SSSR count). The molecule has 0 radical (unpaired) electrons. The molecule has 0 saturated carbocycles. The van der Waals surface area contributed by atoms with Crippen molar-refractivity contribution in [3.63, 3.8) is 0 Å². The first-order valence-corrected chi connectivity index (χ1v) is 12.0. The molecule has 166 valence electrons. The number of rotatable bonds is 8. The Bertz CT molecular complexity index is 668. The number of hydrogen-bond acceptors (Lipinski definition) is 4. The number of benzene rings is 1. The summed E-state index contributed by atoms with van der Waals surface area (Å²) in [6.07, 6.45) is 7.56. The Labute approximate surface area is 182 Å². The molecular formula is C25H39N3O2. The van der Waals surface area contributed by atoms with Gasteiger partial charge in [0.1, 0.15) is 6.10 Å². The molecular weight excluding hydrogens is 374 g/mol. The highest BCUT2D eigenvalue weighted by atomic mass is 16.5. The van der Waals surface area contributed by atoms with Crippen molar-refractivity contribution in [2.45, 2.75) is 57.1 Å². The van der Waals surface area contributed by atoms with Gasteiger partial charge in [-0.2, -0.15) is 0 Å². The average Bonchev–Trinajstić information content (AvgIpc) is 3.42. The topological polar surface area (TPSA) is 36.0 Å². The van der Waals surface area contributed by atoms with Crippen molar-refractivity contribution in [2.24, 2.45) is 5.92 Å². The first kappa shape index (κ1) is 21.8. The van der Waals surface area contributed by atoms with Crippen LogP contribution in [-0.2, 0) is 22.4 Å². The summed E-state index contributed by atoms with van der Waals surface area (Å²) < 4.78 is 5.72. The summed E-state index contributed by atoms with van der Waals surface area (Å²) in [6, 6.07) is 9.61. The lowest BCUT2D eigenvalue weighted by molar-refractivity contribution is -0.142. The van der Waals surface area contributed by atoms with E-state index in [0.29, 0.717) is 12.0 Å². The summed E-state index contributed by atoms with van der Waals surface area (Å²) in [5, 5.41) is 0. The molecule has 0 N–H and O–H groups in total. The Kier molecular flexibility index (Phi) is 7.45. The van der Waals surface area contributed by atoms with Gasteiger partial charge in [-0.25, -0.2) is 0 Å². The van der Waals surface area contributed by atoms with Crippen molar-refractivity contribution < 1.29 is 9.53 Å². The number of ether oxygens (including phenoxy) is 1. The molecule has 0 unspecified atom stereocenters. The Balaban J connectivity index is 1.28. The number of carbonyl (C=O) groups excluding carboxylic acids is 1. The van der Waals surface area contributed by atoms with Crippen LogP contribution in [0.1, 0.15) is 43.2 Å². The van der Waals surface area contributed by atoms with Gasteiger partial charge in [-0.05, 0) is 95.7 Å². The molecule has 2 fully saturated rings. The maximum atomic E-state index is 13.1.